The average Bonchev–Trinajstić information content (AvgIpc) is 2.74. The molecule has 11 heavy (non-hydrogen) atoms. The van der Waals surface area contributed by atoms with Crippen molar-refractivity contribution in [3.63, 3.8) is 0 Å². The fourth-order valence-electron chi connectivity index (χ4n) is 1.50. The van der Waals surface area contributed by atoms with Crippen molar-refractivity contribution in [2.45, 2.75) is 19.3 Å². The van der Waals surface area contributed by atoms with E-state index in [0.29, 0.717) is 11.8 Å². The minimum Gasteiger partial charge on any atom is -0.338 e. The smallest absolute Gasteiger partial charge is 0.225 e. The van der Waals surface area contributed by atoms with Crippen molar-refractivity contribution < 1.29 is 4.79 Å². The van der Waals surface area contributed by atoms with E-state index in [0.717, 1.165) is 32.4 Å². The first-order valence-electron chi connectivity index (χ1n) is 4.23. The van der Waals surface area contributed by atoms with Crippen LogP contribution < -0.4 is 0 Å². The number of hydrogen-bond donors (Lipinski definition) is 0. The van der Waals surface area contributed by atoms with Gasteiger partial charge in [0, 0.05) is 19.0 Å². The quantitative estimate of drug-likeness (QED) is 0.515. The SMILES string of the molecule is C=C1CCN(C(=O)C2CC2)C1. The molecular weight excluding hydrogens is 138 g/mol. The Morgan fingerprint density at radius 1 is 1.55 bits per heavy atom. The van der Waals surface area contributed by atoms with Crippen LogP contribution in [0.25, 0.3) is 0 Å². The Morgan fingerprint density at radius 3 is 2.73 bits per heavy atom. The van der Waals surface area contributed by atoms with Gasteiger partial charge in [-0.3, -0.25) is 4.79 Å². The first-order valence-corrected chi connectivity index (χ1v) is 4.23. The fraction of sp³-hybridized carbons (Fsp3) is 0.667. The Balaban J connectivity index is 1.94. The molecule has 1 saturated heterocycles. The van der Waals surface area contributed by atoms with Gasteiger partial charge in [-0.2, -0.15) is 0 Å². The van der Waals surface area contributed by atoms with Crippen molar-refractivity contribution in [2.75, 3.05) is 13.1 Å². The lowest BCUT2D eigenvalue weighted by molar-refractivity contribution is -0.131. The Kier molecular flexibility index (Phi) is 1.48. The lowest BCUT2D eigenvalue weighted by atomic mass is 10.3. The summed E-state index contributed by atoms with van der Waals surface area (Å²) in [6, 6.07) is 0. The van der Waals surface area contributed by atoms with Gasteiger partial charge in [0.05, 0.1) is 0 Å². The normalized spacial score (nSPS) is 24.4. The summed E-state index contributed by atoms with van der Waals surface area (Å²) in [6.07, 6.45) is 3.24. The second kappa shape index (κ2) is 2.36. The summed E-state index contributed by atoms with van der Waals surface area (Å²) in [4.78, 5) is 13.4. The van der Waals surface area contributed by atoms with E-state index in [1.807, 2.05) is 4.90 Å². The van der Waals surface area contributed by atoms with Crippen molar-refractivity contribution >= 4 is 5.91 Å². The van der Waals surface area contributed by atoms with E-state index >= 15 is 0 Å². The van der Waals surface area contributed by atoms with Crippen LogP contribution in [0.3, 0.4) is 0 Å². The zero-order valence-corrected chi connectivity index (χ0v) is 6.68. The van der Waals surface area contributed by atoms with E-state index in [1.165, 1.54) is 5.57 Å². The van der Waals surface area contributed by atoms with Crippen molar-refractivity contribution in [1.29, 1.82) is 0 Å². The number of likely N-dealkylation sites (tertiary alicyclic amines) is 1. The zero-order chi connectivity index (χ0) is 7.84. The Labute approximate surface area is 66.9 Å². The molecule has 0 aromatic heterocycles. The predicted molar refractivity (Wildman–Crippen MR) is 43.1 cm³/mol. The van der Waals surface area contributed by atoms with Gasteiger partial charge in [-0.15, -0.1) is 0 Å². The van der Waals surface area contributed by atoms with Gasteiger partial charge in [0.15, 0.2) is 0 Å². The molecule has 2 fully saturated rings. The van der Waals surface area contributed by atoms with E-state index in [-0.39, 0.29) is 0 Å². The molecule has 1 aliphatic carbocycles. The third-order valence-corrected chi connectivity index (χ3v) is 2.39. The first-order chi connectivity index (χ1) is 5.27. The van der Waals surface area contributed by atoms with E-state index in [1.54, 1.807) is 0 Å². The minimum absolute atomic E-state index is 0.364. The molecule has 0 spiro atoms. The van der Waals surface area contributed by atoms with Gasteiger partial charge in [0.2, 0.25) is 5.91 Å². The summed E-state index contributed by atoms with van der Waals surface area (Å²) in [6.45, 7) is 5.60. The molecule has 60 valence electrons. The highest BCUT2D eigenvalue weighted by Crippen LogP contribution is 2.32. The molecule has 0 aromatic carbocycles. The number of amides is 1. The number of rotatable bonds is 1. The maximum Gasteiger partial charge on any atom is 0.225 e. The van der Waals surface area contributed by atoms with Crippen molar-refractivity contribution in [1.82, 2.24) is 4.90 Å². The van der Waals surface area contributed by atoms with Crippen LogP contribution in [-0.2, 0) is 4.79 Å². The van der Waals surface area contributed by atoms with Crippen LogP contribution in [0.1, 0.15) is 19.3 Å². The lowest BCUT2D eigenvalue weighted by Crippen LogP contribution is -2.28. The summed E-state index contributed by atoms with van der Waals surface area (Å²) >= 11 is 0. The standard InChI is InChI=1S/C9H13NO/c1-7-4-5-10(6-7)9(11)8-2-3-8/h8H,1-6H2. The van der Waals surface area contributed by atoms with Gasteiger partial charge in [-0.1, -0.05) is 12.2 Å². The molecule has 0 N–H and O–H groups in total. The van der Waals surface area contributed by atoms with Gasteiger partial charge in [-0.25, -0.2) is 0 Å². The third-order valence-electron chi connectivity index (χ3n) is 2.39. The van der Waals surface area contributed by atoms with Gasteiger partial charge >= 0.3 is 0 Å². The van der Waals surface area contributed by atoms with Crippen LogP contribution >= 0.6 is 0 Å². The average molecular weight is 151 g/mol. The van der Waals surface area contributed by atoms with Crippen LogP contribution in [0.2, 0.25) is 0 Å². The van der Waals surface area contributed by atoms with Crippen molar-refractivity contribution in [3.05, 3.63) is 12.2 Å². The molecule has 2 heteroatoms. The molecule has 0 atom stereocenters. The number of hydrogen-bond acceptors (Lipinski definition) is 1. The van der Waals surface area contributed by atoms with E-state index in [2.05, 4.69) is 6.58 Å². The number of carbonyl (C=O) groups is 1. The maximum absolute atomic E-state index is 11.4. The zero-order valence-electron chi connectivity index (χ0n) is 6.68. The Bertz CT molecular complexity index is 206. The van der Waals surface area contributed by atoms with Crippen LogP contribution in [0.15, 0.2) is 12.2 Å². The largest absolute Gasteiger partial charge is 0.338 e. The monoisotopic (exact) mass is 151 g/mol. The lowest BCUT2D eigenvalue weighted by Gasteiger charge is -2.13. The van der Waals surface area contributed by atoms with Gasteiger partial charge < -0.3 is 4.90 Å². The van der Waals surface area contributed by atoms with Crippen LogP contribution in [-0.4, -0.2) is 23.9 Å². The van der Waals surface area contributed by atoms with E-state index in [4.69, 9.17) is 0 Å². The summed E-state index contributed by atoms with van der Waals surface area (Å²) in [5.41, 5.74) is 1.21. The molecule has 2 rings (SSSR count). The van der Waals surface area contributed by atoms with Crippen molar-refractivity contribution in [2.24, 2.45) is 5.92 Å². The predicted octanol–water partition coefficient (Wildman–Crippen LogP) is 1.18. The molecule has 0 radical (unpaired) electrons. The van der Waals surface area contributed by atoms with E-state index in [9.17, 15) is 4.79 Å². The highest BCUT2D eigenvalue weighted by molar-refractivity contribution is 5.81. The number of carbonyl (C=O) groups excluding carboxylic acids is 1. The van der Waals surface area contributed by atoms with Gasteiger partial charge in [0.1, 0.15) is 0 Å². The molecule has 0 unspecified atom stereocenters. The molecule has 1 amide bonds. The molecular formula is C9H13NO. The molecule has 0 aromatic rings. The molecule has 2 nitrogen and oxygen atoms in total. The summed E-state index contributed by atoms with van der Waals surface area (Å²) in [5, 5.41) is 0. The second-order valence-corrected chi connectivity index (χ2v) is 3.53. The Morgan fingerprint density at radius 2 is 2.27 bits per heavy atom. The van der Waals surface area contributed by atoms with Gasteiger partial charge in [0.25, 0.3) is 0 Å². The molecule has 0 bridgehead atoms. The Hall–Kier alpha value is -0.790. The minimum atomic E-state index is 0.364. The van der Waals surface area contributed by atoms with Crippen molar-refractivity contribution in [3.8, 4) is 0 Å². The maximum atomic E-state index is 11.4. The highest BCUT2D eigenvalue weighted by Gasteiger charge is 2.34. The third kappa shape index (κ3) is 1.30. The van der Waals surface area contributed by atoms with Crippen LogP contribution in [0.5, 0.6) is 0 Å². The second-order valence-electron chi connectivity index (χ2n) is 3.53. The highest BCUT2D eigenvalue weighted by atomic mass is 16.2. The topological polar surface area (TPSA) is 20.3 Å². The summed E-state index contributed by atoms with van der Waals surface area (Å²) < 4.78 is 0. The van der Waals surface area contributed by atoms with Crippen LogP contribution in [0, 0.1) is 5.92 Å². The molecule has 1 saturated carbocycles. The first kappa shape index (κ1) is 6.89. The summed E-state index contributed by atoms with van der Waals surface area (Å²) in [5.74, 6) is 0.740. The summed E-state index contributed by atoms with van der Waals surface area (Å²) in [7, 11) is 0. The molecule has 1 aliphatic heterocycles. The number of nitrogens with zero attached hydrogens (tertiary/aromatic N) is 1. The fourth-order valence-corrected chi connectivity index (χ4v) is 1.50. The molecule has 2 aliphatic rings. The molecule has 1 heterocycles. The van der Waals surface area contributed by atoms with Crippen LogP contribution in [0.4, 0.5) is 0 Å². The van der Waals surface area contributed by atoms with Gasteiger partial charge in [-0.05, 0) is 19.3 Å². The van der Waals surface area contributed by atoms with E-state index < -0.39 is 0 Å².